The fourth-order valence-electron chi connectivity index (χ4n) is 3.95. The minimum atomic E-state index is -0.477. The summed E-state index contributed by atoms with van der Waals surface area (Å²) in [5.74, 6) is 1.78. The van der Waals surface area contributed by atoms with E-state index in [0.29, 0.717) is 17.8 Å². The van der Waals surface area contributed by atoms with Crippen molar-refractivity contribution in [2.45, 2.75) is 92.0 Å². The highest BCUT2D eigenvalue weighted by Crippen LogP contribution is 2.37. The normalized spacial score (nSPS) is 48.2. The molecular weight excluding hydrogens is 292 g/mol. The number of rotatable bonds is 4. The number of ketones is 1. The maximum Gasteiger partial charge on any atom is 0.161 e. The number of carbonyl (C=O) groups is 1. The first-order valence-electron chi connectivity index (χ1n) is 9.23. The molecule has 134 valence electrons. The van der Waals surface area contributed by atoms with Crippen LogP contribution < -0.4 is 0 Å². The zero-order chi connectivity index (χ0) is 17.3. The fraction of sp³-hybridized carbons (Fsp3) is 0.947. The maximum atomic E-state index is 12.0. The van der Waals surface area contributed by atoms with Crippen LogP contribution in [0.4, 0.5) is 0 Å². The van der Waals surface area contributed by atoms with E-state index in [4.69, 9.17) is 14.2 Å². The third-order valence-corrected chi connectivity index (χ3v) is 6.23. The van der Waals surface area contributed by atoms with Crippen molar-refractivity contribution in [3.8, 4) is 0 Å². The molecule has 2 saturated heterocycles. The third kappa shape index (κ3) is 3.97. The molecule has 0 spiro atoms. The summed E-state index contributed by atoms with van der Waals surface area (Å²) in [5, 5.41) is 0. The van der Waals surface area contributed by atoms with E-state index < -0.39 is 6.10 Å². The topological polar surface area (TPSA) is 44.8 Å². The van der Waals surface area contributed by atoms with Crippen LogP contribution in [0.3, 0.4) is 0 Å². The van der Waals surface area contributed by atoms with Crippen molar-refractivity contribution in [1.82, 2.24) is 0 Å². The summed E-state index contributed by atoms with van der Waals surface area (Å²) in [4.78, 5) is 12.0. The second-order valence-electron chi connectivity index (χ2n) is 7.78. The van der Waals surface area contributed by atoms with Gasteiger partial charge in [-0.1, -0.05) is 34.6 Å². The van der Waals surface area contributed by atoms with Crippen molar-refractivity contribution in [2.24, 2.45) is 23.7 Å². The monoisotopic (exact) mass is 326 g/mol. The lowest BCUT2D eigenvalue weighted by Crippen LogP contribution is -2.54. The number of hydrogen-bond acceptors (Lipinski definition) is 4. The molecule has 0 N–H and O–H groups in total. The molecular formula is C19H34O4. The number of carbonyl (C=O) groups excluding carboxylic acids is 1. The van der Waals surface area contributed by atoms with E-state index in [1.54, 1.807) is 6.92 Å². The van der Waals surface area contributed by atoms with Crippen molar-refractivity contribution in [3.05, 3.63) is 0 Å². The summed E-state index contributed by atoms with van der Waals surface area (Å²) in [7, 11) is 0. The quantitative estimate of drug-likeness (QED) is 0.788. The molecule has 23 heavy (non-hydrogen) atoms. The zero-order valence-corrected chi connectivity index (χ0v) is 15.7. The zero-order valence-electron chi connectivity index (χ0n) is 15.7. The van der Waals surface area contributed by atoms with E-state index in [-0.39, 0.29) is 36.3 Å². The van der Waals surface area contributed by atoms with Crippen molar-refractivity contribution in [1.29, 1.82) is 0 Å². The molecule has 2 rings (SSSR count). The Bertz CT molecular complexity index is 410. The van der Waals surface area contributed by atoms with E-state index >= 15 is 0 Å². The van der Waals surface area contributed by atoms with Crippen molar-refractivity contribution in [3.63, 3.8) is 0 Å². The van der Waals surface area contributed by atoms with E-state index in [1.165, 1.54) is 0 Å². The lowest BCUT2D eigenvalue weighted by Gasteiger charge is -2.46. The van der Waals surface area contributed by atoms with Crippen LogP contribution in [0.15, 0.2) is 0 Å². The molecule has 0 aliphatic carbocycles. The first-order chi connectivity index (χ1) is 10.8. The molecule has 0 aromatic heterocycles. The average molecular weight is 326 g/mol. The number of ether oxygens (including phenoxy) is 3. The molecule has 2 aliphatic rings. The van der Waals surface area contributed by atoms with Crippen molar-refractivity contribution in [2.75, 3.05) is 0 Å². The first kappa shape index (κ1) is 18.9. The van der Waals surface area contributed by atoms with Crippen LogP contribution in [-0.4, -0.2) is 36.5 Å². The summed E-state index contributed by atoms with van der Waals surface area (Å²) < 4.78 is 18.4. The van der Waals surface area contributed by atoms with Gasteiger partial charge in [-0.2, -0.15) is 0 Å². The van der Waals surface area contributed by atoms with E-state index in [9.17, 15) is 4.79 Å². The molecule has 4 unspecified atom stereocenters. The van der Waals surface area contributed by atoms with Gasteiger partial charge in [-0.05, 0) is 43.9 Å². The Balaban J connectivity index is 2.10. The van der Waals surface area contributed by atoms with Gasteiger partial charge in [0.25, 0.3) is 0 Å². The molecule has 2 fully saturated rings. The minimum absolute atomic E-state index is 0.0462. The highest BCUT2D eigenvalue weighted by Gasteiger charge is 2.45. The van der Waals surface area contributed by atoms with Gasteiger partial charge in [-0.25, -0.2) is 0 Å². The summed E-state index contributed by atoms with van der Waals surface area (Å²) >= 11 is 0. The summed E-state index contributed by atoms with van der Waals surface area (Å²) in [6, 6.07) is 0. The average Bonchev–Trinajstić information content (AvgIpc) is 2.50. The van der Waals surface area contributed by atoms with Gasteiger partial charge in [0.2, 0.25) is 0 Å². The summed E-state index contributed by atoms with van der Waals surface area (Å²) in [6.07, 6.45) is 1.26. The predicted octanol–water partition coefficient (Wildman–Crippen LogP) is 3.82. The van der Waals surface area contributed by atoms with Crippen LogP contribution in [0.25, 0.3) is 0 Å². The van der Waals surface area contributed by atoms with Gasteiger partial charge in [0, 0.05) is 6.42 Å². The molecule has 0 radical (unpaired) electrons. The summed E-state index contributed by atoms with van der Waals surface area (Å²) in [6.45, 7) is 14.6. The Labute approximate surface area is 141 Å². The molecule has 4 heteroatoms. The molecule has 0 saturated carbocycles. The molecule has 9 atom stereocenters. The Kier molecular flexibility index (Phi) is 6.26. The van der Waals surface area contributed by atoms with Gasteiger partial charge >= 0.3 is 0 Å². The molecule has 2 heterocycles. The second kappa shape index (κ2) is 7.62. The van der Waals surface area contributed by atoms with Crippen LogP contribution in [0.2, 0.25) is 0 Å². The minimum Gasteiger partial charge on any atom is -0.364 e. The fourth-order valence-corrected chi connectivity index (χ4v) is 3.95. The third-order valence-electron chi connectivity index (χ3n) is 6.23. The van der Waals surface area contributed by atoms with Gasteiger partial charge in [0.05, 0.1) is 18.3 Å². The van der Waals surface area contributed by atoms with Crippen LogP contribution >= 0.6 is 0 Å². The molecule has 4 nitrogen and oxygen atoms in total. The van der Waals surface area contributed by atoms with Crippen LogP contribution in [0, 0.1) is 23.7 Å². The van der Waals surface area contributed by atoms with Gasteiger partial charge < -0.3 is 14.2 Å². The van der Waals surface area contributed by atoms with Gasteiger partial charge in [-0.15, -0.1) is 0 Å². The molecule has 0 bridgehead atoms. The van der Waals surface area contributed by atoms with Crippen molar-refractivity contribution < 1.29 is 19.0 Å². The Morgan fingerprint density at radius 1 is 1.04 bits per heavy atom. The van der Waals surface area contributed by atoms with Gasteiger partial charge in [-0.3, -0.25) is 4.79 Å². The Morgan fingerprint density at radius 3 is 2.26 bits per heavy atom. The predicted molar refractivity (Wildman–Crippen MR) is 90.1 cm³/mol. The lowest BCUT2D eigenvalue weighted by atomic mass is 9.80. The van der Waals surface area contributed by atoms with Gasteiger partial charge in [0.1, 0.15) is 6.10 Å². The van der Waals surface area contributed by atoms with E-state index in [0.717, 1.165) is 12.8 Å². The molecule has 0 aromatic rings. The molecule has 0 amide bonds. The lowest BCUT2D eigenvalue weighted by molar-refractivity contribution is -0.277. The van der Waals surface area contributed by atoms with Crippen LogP contribution in [0.1, 0.15) is 61.3 Å². The van der Waals surface area contributed by atoms with Crippen LogP contribution in [-0.2, 0) is 19.0 Å². The Morgan fingerprint density at radius 2 is 1.70 bits per heavy atom. The largest absolute Gasteiger partial charge is 0.364 e. The molecule has 0 aromatic carbocycles. The SMILES string of the molecule is CCC1O[C@H](O[C@@H]2C(C(C)=O)OC(C)C(C)[C@H]2C)C[C@@H](C)[C@@H]1C. The smallest absolute Gasteiger partial charge is 0.161 e. The standard InChI is InChI=1S/C19H34O4/c1-8-16-11(3)10(2)9-17(22-16)23-18-13(5)12(4)15(7)21-19(18)14(6)20/h10-13,15-19H,8-9H2,1-7H3/t10-,11+,12?,13-,15?,16?,17-,18+,19?/m1/s1. The maximum absolute atomic E-state index is 12.0. The van der Waals surface area contributed by atoms with Gasteiger partial charge in [0.15, 0.2) is 12.1 Å². The first-order valence-corrected chi connectivity index (χ1v) is 9.23. The number of hydrogen-bond donors (Lipinski definition) is 0. The van der Waals surface area contributed by atoms with E-state index in [1.807, 2.05) is 6.92 Å². The van der Waals surface area contributed by atoms with E-state index in [2.05, 4.69) is 34.6 Å². The number of Topliss-reactive ketones (excluding diaryl/α,β-unsaturated/α-hetero) is 1. The Hall–Kier alpha value is -0.450. The van der Waals surface area contributed by atoms with Crippen molar-refractivity contribution >= 4 is 5.78 Å². The highest BCUT2D eigenvalue weighted by molar-refractivity contribution is 5.81. The summed E-state index contributed by atoms with van der Waals surface area (Å²) in [5.41, 5.74) is 0. The van der Waals surface area contributed by atoms with Crippen LogP contribution in [0.5, 0.6) is 0 Å². The second-order valence-corrected chi connectivity index (χ2v) is 7.78. The molecule has 2 aliphatic heterocycles. The highest BCUT2D eigenvalue weighted by atomic mass is 16.7.